The number of amides is 1. The number of likely N-dealkylation sites (N-methyl/N-ethyl adjacent to an activating group) is 1. The van der Waals surface area contributed by atoms with E-state index in [-0.39, 0.29) is 11.9 Å². The minimum absolute atomic E-state index is 0.0809. The molecule has 1 amide bonds. The molecule has 1 N–H and O–H groups in total. The molecular weight excluding hydrogens is 408 g/mol. The van der Waals surface area contributed by atoms with Crippen LogP contribution in [0, 0.1) is 40.4 Å². The molecule has 4 aliphatic carbocycles. The Hall–Kier alpha value is -0.870. The molecule has 0 aromatic rings. The summed E-state index contributed by atoms with van der Waals surface area (Å²) in [6.45, 7) is 10.5. The quantitative estimate of drug-likeness (QED) is 0.598. The molecule has 9 atom stereocenters. The van der Waals surface area contributed by atoms with E-state index in [0.717, 1.165) is 42.6 Å². The van der Waals surface area contributed by atoms with Gasteiger partial charge in [-0.1, -0.05) is 32.4 Å². The maximum Gasteiger partial charge on any atom is 0.251 e. The molecule has 186 valence electrons. The standard InChI is InChI=1S/C29H48N2O2/c1-18(2)15-26(32)27(33)31(6)21-11-13-28(4)20(16-21)7-8-22-24(28)12-14-29-17-30(5)19(3)23(29)9-10-25(22)29/h7,18-19,21-26,32H,8-17H2,1-6H3/t19-,21-,22+,23+,24-,25-,26-,28-,29-/m0/s1. The lowest BCUT2D eigenvalue weighted by atomic mass is 9.47. The van der Waals surface area contributed by atoms with Crippen molar-refractivity contribution >= 4 is 5.91 Å². The summed E-state index contributed by atoms with van der Waals surface area (Å²) < 4.78 is 0. The highest BCUT2D eigenvalue weighted by atomic mass is 16.3. The summed E-state index contributed by atoms with van der Waals surface area (Å²) >= 11 is 0. The number of hydrogen-bond donors (Lipinski definition) is 1. The third-order valence-corrected chi connectivity index (χ3v) is 11.6. The van der Waals surface area contributed by atoms with Crippen LogP contribution >= 0.6 is 0 Å². The first-order valence-corrected chi connectivity index (χ1v) is 13.9. The molecule has 5 aliphatic rings. The molecule has 0 aromatic carbocycles. The van der Waals surface area contributed by atoms with Gasteiger partial charge in [-0.2, -0.15) is 0 Å². The van der Waals surface area contributed by atoms with Gasteiger partial charge < -0.3 is 14.9 Å². The number of carbonyl (C=O) groups is 1. The number of rotatable bonds is 4. The molecule has 4 nitrogen and oxygen atoms in total. The molecule has 4 fully saturated rings. The molecule has 1 saturated heterocycles. The van der Waals surface area contributed by atoms with Crippen LogP contribution in [0.4, 0.5) is 0 Å². The second-order valence-corrected chi connectivity index (χ2v) is 13.4. The summed E-state index contributed by atoms with van der Waals surface area (Å²) in [4.78, 5) is 17.4. The van der Waals surface area contributed by atoms with Gasteiger partial charge in [0.05, 0.1) is 0 Å². The monoisotopic (exact) mass is 456 g/mol. The smallest absolute Gasteiger partial charge is 0.251 e. The predicted molar refractivity (Wildman–Crippen MR) is 134 cm³/mol. The van der Waals surface area contributed by atoms with Gasteiger partial charge >= 0.3 is 0 Å². The van der Waals surface area contributed by atoms with Crippen molar-refractivity contribution in [3.8, 4) is 0 Å². The molecule has 0 bridgehead atoms. The van der Waals surface area contributed by atoms with E-state index in [2.05, 4.69) is 45.7 Å². The Kier molecular flexibility index (Phi) is 6.04. The van der Waals surface area contributed by atoms with Gasteiger partial charge in [-0.05, 0) is 112 Å². The van der Waals surface area contributed by atoms with E-state index in [0.29, 0.717) is 23.2 Å². The zero-order valence-corrected chi connectivity index (χ0v) is 22.0. The van der Waals surface area contributed by atoms with Crippen LogP contribution in [0.3, 0.4) is 0 Å². The number of carbonyl (C=O) groups excluding carboxylic acids is 1. The highest BCUT2D eigenvalue weighted by molar-refractivity contribution is 5.80. The van der Waals surface area contributed by atoms with Gasteiger partial charge in [0, 0.05) is 25.7 Å². The summed E-state index contributed by atoms with van der Waals surface area (Å²) in [6, 6.07) is 0.997. The maximum atomic E-state index is 12.9. The number of aliphatic hydroxyl groups excluding tert-OH is 1. The van der Waals surface area contributed by atoms with Crippen molar-refractivity contribution in [2.45, 2.75) is 104 Å². The molecule has 0 radical (unpaired) electrons. The highest BCUT2D eigenvalue weighted by Crippen LogP contribution is 2.68. The number of allylic oxidation sites excluding steroid dienone is 1. The fourth-order valence-electron chi connectivity index (χ4n) is 9.74. The van der Waals surface area contributed by atoms with E-state index >= 15 is 0 Å². The van der Waals surface area contributed by atoms with Gasteiger partial charge in [0.2, 0.25) is 0 Å². The van der Waals surface area contributed by atoms with Crippen LogP contribution in [0.25, 0.3) is 0 Å². The fraction of sp³-hybridized carbons (Fsp3) is 0.897. The highest BCUT2D eigenvalue weighted by Gasteiger charge is 2.64. The summed E-state index contributed by atoms with van der Waals surface area (Å²) in [5.74, 6) is 3.76. The van der Waals surface area contributed by atoms with Crippen molar-refractivity contribution in [3.63, 3.8) is 0 Å². The van der Waals surface area contributed by atoms with Crippen molar-refractivity contribution in [1.82, 2.24) is 9.80 Å². The third kappa shape index (κ3) is 3.56. The molecule has 3 saturated carbocycles. The molecule has 1 spiro atoms. The fourth-order valence-corrected chi connectivity index (χ4v) is 9.74. The van der Waals surface area contributed by atoms with E-state index in [1.165, 1.54) is 45.1 Å². The van der Waals surface area contributed by atoms with Crippen LogP contribution in [0.2, 0.25) is 0 Å². The van der Waals surface area contributed by atoms with Crippen molar-refractivity contribution in [3.05, 3.63) is 11.6 Å². The van der Waals surface area contributed by atoms with Gasteiger partial charge in [0.15, 0.2) is 0 Å². The van der Waals surface area contributed by atoms with Crippen molar-refractivity contribution in [2.75, 3.05) is 20.6 Å². The predicted octanol–water partition coefficient (Wildman–Crippen LogP) is 5.11. The first-order chi connectivity index (χ1) is 15.6. The molecule has 1 heterocycles. The Morgan fingerprint density at radius 1 is 1.18 bits per heavy atom. The Morgan fingerprint density at radius 2 is 1.91 bits per heavy atom. The Labute approximate surface area is 202 Å². The Bertz CT molecular complexity index is 807. The van der Waals surface area contributed by atoms with Gasteiger partial charge in [-0.25, -0.2) is 0 Å². The summed E-state index contributed by atoms with van der Waals surface area (Å²) in [5, 5.41) is 10.4. The minimum atomic E-state index is -0.857. The van der Waals surface area contributed by atoms with Gasteiger partial charge in [0.25, 0.3) is 5.91 Å². The van der Waals surface area contributed by atoms with Crippen LogP contribution in [-0.2, 0) is 4.79 Å². The topological polar surface area (TPSA) is 43.8 Å². The zero-order chi connectivity index (χ0) is 23.7. The van der Waals surface area contributed by atoms with Crippen molar-refractivity contribution < 1.29 is 9.90 Å². The van der Waals surface area contributed by atoms with E-state index < -0.39 is 6.10 Å². The van der Waals surface area contributed by atoms with Gasteiger partial charge in [-0.15, -0.1) is 0 Å². The van der Waals surface area contributed by atoms with E-state index in [1.54, 1.807) is 5.57 Å². The first-order valence-electron chi connectivity index (χ1n) is 13.9. The second kappa shape index (κ2) is 8.36. The third-order valence-electron chi connectivity index (χ3n) is 11.6. The number of nitrogens with zero attached hydrogens (tertiary/aromatic N) is 2. The number of fused-ring (bicyclic) bond motifs is 4. The van der Waals surface area contributed by atoms with Crippen LogP contribution in [0.5, 0.6) is 0 Å². The maximum absolute atomic E-state index is 12.9. The number of hydrogen-bond acceptors (Lipinski definition) is 3. The number of likely N-dealkylation sites (tertiary alicyclic amines) is 1. The molecular formula is C29H48N2O2. The number of aliphatic hydroxyl groups is 1. The lowest BCUT2D eigenvalue weighted by Crippen LogP contribution is -2.53. The van der Waals surface area contributed by atoms with Crippen molar-refractivity contribution in [2.24, 2.45) is 40.4 Å². The average Bonchev–Trinajstić information content (AvgIpc) is 3.25. The van der Waals surface area contributed by atoms with Crippen LogP contribution in [-0.4, -0.2) is 59.6 Å². The van der Waals surface area contributed by atoms with Gasteiger partial charge in [0.1, 0.15) is 6.10 Å². The minimum Gasteiger partial charge on any atom is -0.383 e. The second-order valence-electron chi connectivity index (χ2n) is 13.4. The van der Waals surface area contributed by atoms with Crippen LogP contribution in [0.1, 0.15) is 85.5 Å². The van der Waals surface area contributed by atoms with E-state index in [4.69, 9.17) is 0 Å². The van der Waals surface area contributed by atoms with Crippen molar-refractivity contribution in [1.29, 1.82) is 0 Å². The average molecular weight is 457 g/mol. The largest absolute Gasteiger partial charge is 0.383 e. The van der Waals surface area contributed by atoms with E-state index in [1.807, 2.05) is 11.9 Å². The summed E-state index contributed by atoms with van der Waals surface area (Å²) in [7, 11) is 4.28. The Balaban J connectivity index is 1.32. The molecule has 0 unspecified atom stereocenters. The molecule has 33 heavy (non-hydrogen) atoms. The zero-order valence-electron chi connectivity index (χ0n) is 22.0. The molecule has 1 aliphatic heterocycles. The summed E-state index contributed by atoms with van der Waals surface area (Å²) in [5.41, 5.74) is 2.53. The lowest BCUT2D eigenvalue weighted by Gasteiger charge is -2.58. The van der Waals surface area contributed by atoms with Crippen LogP contribution in [0.15, 0.2) is 11.6 Å². The SMILES string of the molecule is CC(C)C[C@H](O)C(=O)N(C)[C@H]1CC[C@@]2(C)C(=CC[C@H]3[C@@H]4CC[C@@H]5[C@H](C)N(C)C[C@@]54CC[C@@H]32)C1. The van der Waals surface area contributed by atoms with Crippen LogP contribution < -0.4 is 0 Å². The Morgan fingerprint density at radius 3 is 2.64 bits per heavy atom. The molecule has 0 aromatic heterocycles. The summed E-state index contributed by atoms with van der Waals surface area (Å²) in [6.07, 6.45) is 12.6. The molecule has 4 heteroatoms. The van der Waals surface area contributed by atoms with Gasteiger partial charge in [-0.3, -0.25) is 4.79 Å². The molecule has 5 rings (SSSR count). The normalized spacial score (nSPS) is 45.6. The lowest BCUT2D eigenvalue weighted by molar-refractivity contribution is -0.142. The first kappa shape index (κ1) is 23.9. The van der Waals surface area contributed by atoms with E-state index in [9.17, 15) is 9.90 Å².